The molecule has 17 heavy (non-hydrogen) atoms. The van der Waals surface area contributed by atoms with Crippen molar-refractivity contribution >= 4 is 5.91 Å². The maximum atomic E-state index is 11.7. The molecule has 0 aromatic carbocycles. The molecule has 0 aromatic rings. The third-order valence-corrected chi connectivity index (χ3v) is 3.93. The van der Waals surface area contributed by atoms with Gasteiger partial charge in [0.05, 0.1) is 6.04 Å². The molecular weight excluding hydrogens is 212 g/mol. The molecule has 0 spiro atoms. The Morgan fingerprint density at radius 2 is 2.06 bits per heavy atom. The summed E-state index contributed by atoms with van der Waals surface area (Å²) in [5, 5.41) is 6.31. The van der Waals surface area contributed by atoms with Crippen LogP contribution in [0.3, 0.4) is 0 Å². The zero-order chi connectivity index (χ0) is 12.4. The molecule has 96 valence electrons. The lowest BCUT2D eigenvalue weighted by Gasteiger charge is -2.22. The van der Waals surface area contributed by atoms with Gasteiger partial charge in [-0.25, -0.2) is 0 Å². The molecule has 3 nitrogen and oxygen atoms in total. The number of fused-ring (bicyclic) bond motifs is 2. The fraction of sp³-hybridized carbons (Fsp3) is 0.786. The van der Waals surface area contributed by atoms with E-state index >= 15 is 0 Å². The predicted molar refractivity (Wildman–Crippen MR) is 69.6 cm³/mol. The number of carbonyl (C=O) groups is 1. The van der Waals surface area contributed by atoms with E-state index in [-0.39, 0.29) is 18.0 Å². The quantitative estimate of drug-likeness (QED) is 0.713. The Bertz CT molecular complexity index is 311. The summed E-state index contributed by atoms with van der Waals surface area (Å²) >= 11 is 0. The van der Waals surface area contributed by atoms with Gasteiger partial charge in [-0.2, -0.15) is 0 Å². The van der Waals surface area contributed by atoms with E-state index in [0.717, 1.165) is 24.3 Å². The summed E-state index contributed by atoms with van der Waals surface area (Å²) < 4.78 is 0. The predicted octanol–water partition coefficient (Wildman–Crippen LogP) is 1.70. The molecule has 1 amide bonds. The van der Waals surface area contributed by atoms with Crippen molar-refractivity contribution in [1.82, 2.24) is 10.6 Å². The zero-order valence-corrected chi connectivity index (χ0v) is 11.1. The molecule has 2 rings (SSSR count). The minimum atomic E-state index is -0.0829. The third kappa shape index (κ3) is 3.09. The van der Waals surface area contributed by atoms with E-state index < -0.39 is 0 Å². The standard InChI is InChI=1S/C14H24N2O/c1-9(2)16-14(17)10(3)15-8-13-7-11-4-5-12(13)6-11/h4-5,9-13,15H,6-8H2,1-3H3,(H,16,17). The van der Waals surface area contributed by atoms with Crippen LogP contribution in [-0.2, 0) is 4.79 Å². The van der Waals surface area contributed by atoms with Gasteiger partial charge in [-0.05, 0) is 57.9 Å². The van der Waals surface area contributed by atoms with Crippen LogP contribution in [0.15, 0.2) is 12.2 Å². The largest absolute Gasteiger partial charge is 0.353 e. The topological polar surface area (TPSA) is 41.1 Å². The summed E-state index contributed by atoms with van der Waals surface area (Å²) in [6, 6.07) is 0.137. The van der Waals surface area contributed by atoms with Gasteiger partial charge in [0.2, 0.25) is 5.91 Å². The second kappa shape index (κ2) is 5.21. The summed E-state index contributed by atoms with van der Waals surface area (Å²) in [5.41, 5.74) is 0. The van der Waals surface area contributed by atoms with E-state index in [1.165, 1.54) is 12.8 Å². The van der Waals surface area contributed by atoms with Crippen molar-refractivity contribution in [3.63, 3.8) is 0 Å². The van der Waals surface area contributed by atoms with Gasteiger partial charge < -0.3 is 10.6 Å². The first-order valence-corrected chi connectivity index (χ1v) is 6.78. The van der Waals surface area contributed by atoms with Crippen molar-refractivity contribution in [3.8, 4) is 0 Å². The molecule has 4 atom stereocenters. The van der Waals surface area contributed by atoms with Crippen LogP contribution in [0.1, 0.15) is 33.6 Å². The molecule has 2 bridgehead atoms. The average molecular weight is 236 g/mol. The lowest BCUT2D eigenvalue weighted by atomic mass is 9.93. The normalized spacial score (nSPS) is 32.1. The first-order valence-electron chi connectivity index (χ1n) is 6.78. The van der Waals surface area contributed by atoms with Crippen LogP contribution in [0.25, 0.3) is 0 Å². The third-order valence-electron chi connectivity index (χ3n) is 3.93. The summed E-state index contributed by atoms with van der Waals surface area (Å²) in [5.74, 6) is 2.41. The highest BCUT2D eigenvalue weighted by Gasteiger charge is 2.35. The Morgan fingerprint density at radius 1 is 1.29 bits per heavy atom. The van der Waals surface area contributed by atoms with Crippen molar-refractivity contribution in [2.24, 2.45) is 17.8 Å². The van der Waals surface area contributed by atoms with E-state index in [1.807, 2.05) is 20.8 Å². The minimum Gasteiger partial charge on any atom is -0.353 e. The fourth-order valence-electron chi connectivity index (χ4n) is 2.96. The number of carbonyl (C=O) groups excluding carboxylic acids is 1. The summed E-state index contributed by atoms with van der Waals surface area (Å²) in [4.78, 5) is 11.7. The van der Waals surface area contributed by atoms with Gasteiger partial charge in [-0.1, -0.05) is 12.2 Å². The van der Waals surface area contributed by atoms with E-state index in [0.29, 0.717) is 0 Å². The number of allylic oxidation sites excluding steroid dienone is 2. The fourth-order valence-corrected chi connectivity index (χ4v) is 2.96. The zero-order valence-electron chi connectivity index (χ0n) is 11.1. The summed E-state index contributed by atoms with van der Waals surface area (Å²) in [6.45, 7) is 6.90. The van der Waals surface area contributed by atoms with Crippen LogP contribution in [0.2, 0.25) is 0 Å². The minimum absolute atomic E-state index is 0.0829. The molecule has 1 fully saturated rings. The van der Waals surface area contributed by atoms with Crippen LogP contribution in [-0.4, -0.2) is 24.5 Å². The molecular formula is C14H24N2O. The highest BCUT2D eigenvalue weighted by atomic mass is 16.2. The van der Waals surface area contributed by atoms with Crippen molar-refractivity contribution in [3.05, 3.63) is 12.2 Å². The van der Waals surface area contributed by atoms with Gasteiger partial charge in [0, 0.05) is 6.04 Å². The molecule has 0 saturated heterocycles. The Hall–Kier alpha value is -0.830. The van der Waals surface area contributed by atoms with Crippen LogP contribution < -0.4 is 10.6 Å². The molecule has 3 heteroatoms. The lowest BCUT2D eigenvalue weighted by Crippen LogP contribution is -2.46. The number of nitrogens with one attached hydrogen (secondary N) is 2. The molecule has 2 N–H and O–H groups in total. The lowest BCUT2D eigenvalue weighted by molar-refractivity contribution is -0.123. The molecule has 1 saturated carbocycles. The van der Waals surface area contributed by atoms with E-state index in [4.69, 9.17) is 0 Å². The smallest absolute Gasteiger partial charge is 0.237 e. The molecule has 0 aromatic heterocycles. The highest BCUT2D eigenvalue weighted by Crippen LogP contribution is 2.42. The van der Waals surface area contributed by atoms with E-state index in [9.17, 15) is 4.79 Å². The first-order chi connectivity index (χ1) is 8.06. The molecule has 2 aliphatic rings. The van der Waals surface area contributed by atoms with Crippen molar-refractivity contribution < 1.29 is 4.79 Å². The second-order valence-corrected chi connectivity index (χ2v) is 5.83. The van der Waals surface area contributed by atoms with Crippen LogP contribution >= 0.6 is 0 Å². The van der Waals surface area contributed by atoms with Crippen LogP contribution in [0, 0.1) is 17.8 Å². The van der Waals surface area contributed by atoms with Crippen molar-refractivity contribution in [2.45, 2.75) is 45.7 Å². The monoisotopic (exact) mass is 236 g/mol. The van der Waals surface area contributed by atoms with E-state index in [1.54, 1.807) is 0 Å². The first kappa shape index (κ1) is 12.6. The van der Waals surface area contributed by atoms with Crippen molar-refractivity contribution in [2.75, 3.05) is 6.54 Å². The maximum absolute atomic E-state index is 11.7. The van der Waals surface area contributed by atoms with Gasteiger partial charge >= 0.3 is 0 Å². The summed E-state index contributed by atoms with van der Waals surface area (Å²) in [6.07, 6.45) is 7.35. The van der Waals surface area contributed by atoms with Gasteiger partial charge in [0.15, 0.2) is 0 Å². The van der Waals surface area contributed by atoms with Crippen LogP contribution in [0.4, 0.5) is 0 Å². The number of rotatable bonds is 5. The van der Waals surface area contributed by atoms with Gasteiger partial charge in [0.1, 0.15) is 0 Å². The van der Waals surface area contributed by atoms with Gasteiger partial charge in [-0.15, -0.1) is 0 Å². The van der Waals surface area contributed by atoms with Gasteiger partial charge in [-0.3, -0.25) is 4.79 Å². The Morgan fingerprint density at radius 3 is 2.59 bits per heavy atom. The Kier molecular flexibility index (Phi) is 3.87. The van der Waals surface area contributed by atoms with Gasteiger partial charge in [0.25, 0.3) is 0 Å². The van der Waals surface area contributed by atoms with Crippen molar-refractivity contribution in [1.29, 1.82) is 0 Å². The molecule has 0 heterocycles. The molecule has 4 unspecified atom stereocenters. The molecule has 2 aliphatic carbocycles. The highest BCUT2D eigenvalue weighted by molar-refractivity contribution is 5.81. The second-order valence-electron chi connectivity index (χ2n) is 5.83. The Labute approximate surface area is 104 Å². The van der Waals surface area contributed by atoms with Crippen LogP contribution in [0.5, 0.6) is 0 Å². The number of hydrogen-bond donors (Lipinski definition) is 2. The SMILES string of the molecule is CC(C)NC(=O)C(C)NCC1CC2C=CC1C2. The molecule has 0 aliphatic heterocycles. The summed E-state index contributed by atoms with van der Waals surface area (Å²) in [7, 11) is 0. The number of amides is 1. The Balaban J connectivity index is 1.71. The molecule has 0 radical (unpaired) electrons. The van der Waals surface area contributed by atoms with E-state index in [2.05, 4.69) is 22.8 Å². The number of hydrogen-bond acceptors (Lipinski definition) is 2. The average Bonchev–Trinajstić information content (AvgIpc) is 2.86. The maximum Gasteiger partial charge on any atom is 0.237 e.